The largest absolute Gasteiger partial charge is 0.398 e. The van der Waals surface area contributed by atoms with Crippen molar-refractivity contribution in [2.45, 2.75) is 24.0 Å². The Morgan fingerprint density at radius 2 is 1.84 bits per heavy atom. The van der Waals surface area contributed by atoms with E-state index in [1.54, 1.807) is 6.92 Å². The lowest BCUT2D eigenvalue weighted by Gasteiger charge is -2.17. The Balaban J connectivity index is 2.43. The van der Waals surface area contributed by atoms with E-state index < -0.39 is 32.9 Å². The zero-order chi connectivity index (χ0) is 14.4. The van der Waals surface area contributed by atoms with E-state index >= 15 is 0 Å². The van der Waals surface area contributed by atoms with E-state index in [1.165, 1.54) is 0 Å². The van der Waals surface area contributed by atoms with Crippen LogP contribution in [0.25, 0.3) is 0 Å². The molecule has 1 aromatic carbocycles. The Kier molecular flexibility index (Phi) is 3.52. The van der Waals surface area contributed by atoms with Crippen molar-refractivity contribution >= 4 is 15.7 Å². The lowest BCUT2D eigenvalue weighted by Crippen LogP contribution is -2.30. The number of hydrogen-bond acceptors (Lipinski definition) is 5. The van der Waals surface area contributed by atoms with Gasteiger partial charge in [-0.3, -0.25) is 0 Å². The number of aryl methyl sites for hydroxylation is 1. The molecular weight excluding hydrogens is 275 g/mol. The van der Waals surface area contributed by atoms with E-state index in [9.17, 15) is 23.0 Å². The molecule has 0 bridgehead atoms. The number of rotatable bonds is 2. The van der Waals surface area contributed by atoms with Crippen molar-refractivity contribution in [1.82, 2.24) is 4.31 Å². The van der Waals surface area contributed by atoms with Crippen LogP contribution < -0.4 is 5.73 Å². The molecule has 2 atom stereocenters. The predicted octanol–water partition coefficient (Wildman–Crippen LogP) is -0.558. The molecule has 8 heteroatoms. The molecule has 0 radical (unpaired) electrons. The van der Waals surface area contributed by atoms with Gasteiger partial charge in [0.05, 0.1) is 12.2 Å². The van der Waals surface area contributed by atoms with E-state index in [1.807, 2.05) is 0 Å². The quantitative estimate of drug-likeness (QED) is 0.634. The van der Waals surface area contributed by atoms with Crippen LogP contribution in [0.3, 0.4) is 0 Å². The highest BCUT2D eigenvalue weighted by Crippen LogP contribution is 2.26. The second kappa shape index (κ2) is 4.71. The minimum Gasteiger partial charge on any atom is -0.398 e. The molecule has 1 aliphatic heterocycles. The van der Waals surface area contributed by atoms with Gasteiger partial charge in [-0.15, -0.1) is 0 Å². The summed E-state index contributed by atoms with van der Waals surface area (Å²) in [6, 6.07) is 2.10. The third-order valence-electron chi connectivity index (χ3n) is 3.16. The maximum absolute atomic E-state index is 13.8. The Bertz CT molecular complexity index is 595. The Morgan fingerprint density at radius 1 is 1.32 bits per heavy atom. The molecular formula is C11H15FN2O4S. The second-order valence-electron chi connectivity index (χ2n) is 4.60. The van der Waals surface area contributed by atoms with Gasteiger partial charge in [-0.05, 0) is 24.6 Å². The zero-order valence-electron chi connectivity index (χ0n) is 10.2. The summed E-state index contributed by atoms with van der Waals surface area (Å²) in [6.45, 7) is 1.03. The third-order valence-corrected chi connectivity index (χ3v) is 5.01. The maximum Gasteiger partial charge on any atom is 0.246 e. The summed E-state index contributed by atoms with van der Waals surface area (Å²) < 4.78 is 39.1. The number of aliphatic hydroxyl groups is 2. The number of sulfonamides is 1. The van der Waals surface area contributed by atoms with Crippen LogP contribution in [0, 0.1) is 12.7 Å². The van der Waals surface area contributed by atoms with E-state index in [-0.39, 0.29) is 18.8 Å². The van der Waals surface area contributed by atoms with Crippen LogP contribution >= 0.6 is 0 Å². The summed E-state index contributed by atoms with van der Waals surface area (Å²) in [6.07, 6.45) is -2.33. The summed E-state index contributed by atoms with van der Waals surface area (Å²) in [5.74, 6) is -0.900. The molecule has 19 heavy (non-hydrogen) atoms. The molecule has 1 saturated heterocycles. The normalized spacial score (nSPS) is 24.8. The molecule has 1 heterocycles. The fraction of sp³-hybridized carbons (Fsp3) is 0.455. The van der Waals surface area contributed by atoms with Gasteiger partial charge in [-0.1, -0.05) is 0 Å². The van der Waals surface area contributed by atoms with E-state index in [0.29, 0.717) is 5.56 Å². The Labute approximate surface area is 110 Å². The molecule has 0 aliphatic carbocycles. The summed E-state index contributed by atoms with van der Waals surface area (Å²) in [5, 5.41) is 18.7. The molecule has 1 aliphatic rings. The fourth-order valence-electron chi connectivity index (χ4n) is 1.94. The van der Waals surface area contributed by atoms with Crippen molar-refractivity contribution in [2.24, 2.45) is 0 Å². The van der Waals surface area contributed by atoms with Crippen molar-refractivity contribution in [3.63, 3.8) is 0 Å². The summed E-state index contributed by atoms with van der Waals surface area (Å²) in [7, 11) is -4.12. The Morgan fingerprint density at radius 3 is 2.37 bits per heavy atom. The van der Waals surface area contributed by atoms with Crippen molar-refractivity contribution in [1.29, 1.82) is 0 Å². The number of aliphatic hydroxyl groups excluding tert-OH is 2. The minimum atomic E-state index is -4.12. The van der Waals surface area contributed by atoms with E-state index in [4.69, 9.17) is 5.73 Å². The number of nitrogens with zero attached hydrogens (tertiary/aromatic N) is 1. The first-order valence-corrected chi connectivity index (χ1v) is 7.09. The van der Waals surface area contributed by atoms with E-state index in [0.717, 1.165) is 16.4 Å². The monoisotopic (exact) mass is 290 g/mol. The van der Waals surface area contributed by atoms with Gasteiger partial charge in [0.1, 0.15) is 10.7 Å². The van der Waals surface area contributed by atoms with Gasteiger partial charge in [-0.25, -0.2) is 12.8 Å². The standard InChI is InChI=1S/C11H15FN2O4S/c1-6-2-7(12)11(3-8(6)13)19(17,18)14-4-9(15)10(16)5-14/h2-3,9-10,15-16H,4-5,13H2,1H3/t9-,10+. The van der Waals surface area contributed by atoms with Crippen LogP contribution in [0.5, 0.6) is 0 Å². The van der Waals surface area contributed by atoms with Crippen LogP contribution in [0.4, 0.5) is 10.1 Å². The first-order valence-electron chi connectivity index (χ1n) is 5.65. The van der Waals surface area contributed by atoms with Gasteiger partial charge < -0.3 is 15.9 Å². The van der Waals surface area contributed by atoms with Crippen molar-refractivity contribution < 1.29 is 23.0 Å². The lowest BCUT2D eigenvalue weighted by atomic mass is 10.2. The van der Waals surface area contributed by atoms with Gasteiger partial charge >= 0.3 is 0 Å². The molecule has 0 aromatic heterocycles. The molecule has 2 rings (SSSR count). The number of nitrogen functional groups attached to an aromatic ring is 1. The van der Waals surface area contributed by atoms with Crippen LogP contribution in [0.2, 0.25) is 0 Å². The van der Waals surface area contributed by atoms with Crippen LogP contribution in [0.15, 0.2) is 17.0 Å². The van der Waals surface area contributed by atoms with Crippen LogP contribution in [-0.4, -0.2) is 48.2 Å². The molecule has 1 aromatic rings. The second-order valence-corrected chi connectivity index (χ2v) is 6.50. The third kappa shape index (κ3) is 2.44. The van der Waals surface area contributed by atoms with Crippen molar-refractivity contribution in [3.8, 4) is 0 Å². The SMILES string of the molecule is Cc1cc(F)c(S(=O)(=O)N2C[C@@H](O)[C@@H](O)C2)cc1N. The van der Waals surface area contributed by atoms with Gasteiger partial charge in [0.2, 0.25) is 10.0 Å². The Hall–Kier alpha value is -1.22. The van der Waals surface area contributed by atoms with Crippen molar-refractivity contribution in [2.75, 3.05) is 18.8 Å². The molecule has 1 fully saturated rings. The van der Waals surface area contributed by atoms with Crippen LogP contribution in [0.1, 0.15) is 5.56 Å². The molecule has 4 N–H and O–H groups in total. The number of benzene rings is 1. The number of hydrogen-bond donors (Lipinski definition) is 3. The highest BCUT2D eigenvalue weighted by atomic mass is 32.2. The number of nitrogens with two attached hydrogens (primary N) is 1. The molecule has 0 unspecified atom stereocenters. The molecule has 6 nitrogen and oxygen atoms in total. The van der Waals surface area contributed by atoms with Gasteiger partial charge in [0.25, 0.3) is 0 Å². The first kappa shape index (κ1) is 14.2. The fourth-order valence-corrected chi connectivity index (χ4v) is 3.49. The number of anilines is 1. The first-order chi connectivity index (χ1) is 8.73. The molecule has 0 spiro atoms. The molecule has 106 valence electrons. The summed E-state index contributed by atoms with van der Waals surface area (Å²) in [5.41, 5.74) is 6.20. The topological polar surface area (TPSA) is 104 Å². The van der Waals surface area contributed by atoms with Gasteiger partial charge in [0, 0.05) is 18.8 Å². The van der Waals surface area contributed by atoms with Gasteiger partial charge in [0.15, 0.2) is 0 Å². The van der Waals surface area contributed by atoms with Crippen LogP contribution in [-0.2, 0) is 10.0 Å². The number of β-amino-alcohol motifs (C(OH)–C–C–N with tert-alkyl or cyclic N) is 2. The molecule has 0 saturated carbocycles. The van der Waals surface area contributed by atoms with Gasteiger partial charge in [-0.2, -0.15) is 4.31 Å². The van der Waals surface area contributed by atoms with Crippen molar-refractivity contribution in [3.05, 3.63) is 23.5 Å². The zero-order valence-corrected chi connectivity index (χ0v) is 11.1. The summed E-state index contributed by atoms with van der Waals surface area (Å²) >= 11 is 0. The summed E-state index contributed by atoms with van der Waals surface area (Å²) in [4.78, 5) is -0.545. The highest BCUT2D eigenvalue weighted by Gasteiger charge is 2.38. The molecule has 0 amide bonds. The smallest absolute Gasteiger partial charge is 0.246 e. The van der Waals surface area contributed by atoms with E-state index in [2.05, 4.69) is 0 Å². The predicted molar refractivity (Wildman–Crippen MR) is 66.3 cm³/mol. The lowest BCUT2D eigenvalue weighted by molar-refractivity contribution is 0.0572. The average molecular weight is 290 g/mol. The average Bonchev–Trinajstić information content (AvgIpc) is 2.65. The number of halogens is 1. The maximum atomic E-state index is 13.8. The highest BCUT2D eigenvalue weighted by molar-refractivity contribution is 7.89. The minimum absolute atomic E-state index is 0.167.